The summed E-state index contributed by atoms with van der Waals surface area (Å²) < 4.78 is 3.02. The molecule has 2 aromatic rings. The molecular formula is C13H18N6O3. The van der Waals surface area contributed by atoms with Crippen molar-refractivity contribution in [3.63, 3.8) is 0 Å². The summed E-state index contributed by atoms with van der Waals surface area (Å²) in [6, 6.07) is -0.674. The molecule has 0 aromatic carbocycles. The molecule has 1 N–H and O–H groups in total. The average Bonchev–Trinajstić information content (AvgIpc) is 2.91. The van der Waals surface area contributed by atoms with Crippen LogP contribution in [-0.2, 0) is 11.8 Å². The Morgan fingerprint density at radius 3 is 2.45 bits per heavy atom. The predicted octanol–water partition coefficient (Wildman–Crippen LogP) is 1.65. The van der Waals surface area contributed by atoms with E-state index in [2.05, 4.69) is 15.5 Å². The van der Waals surface area contributed by atoms with Gasteiger partial charge in [-0.2, -0.15) is 10.2 Å². The monoisotopic (exact) mass is 306 g/mol. The number of nitrogens with zero attached hydrogens (tertiary/aromatic N) is 5. The molecule has 1 atom stereocenters. The number of carbonyl (C=O) groups is 1. The molecule has 0 spiro atoms. The smallest absolute Gasteiger partial charge is 0.312 e. The van der Waals surface area contributed by atoms with E-state index in [1.807, 2.05) is 6.92 Å². The third kappa shape index (κ3) is 2.57. The van der Waals surface area contributed by atoms with E-state index in [-0.39, 0.29) is 11.6 Å². The van der Waals surface area contributed by atoms with Crippen molar-refractivity contribution in [1.82, 2.24) is 19.6 Å². The molecule has 1 amide bonds. The van der Waals surface area contributed by atoms with Gasteiger partial charge in [-0.3, -0.25) is 24.3 Å². The lowest BCUT2D eigenvalue weighted by Crippen LogP contribution is -2.25. The molecule has 118 valence electrons. The Bertz CT molecular complexity index is 745. The van der Waals surface area contributed by atoms with Crippen molar-refractivity contribution < 1.29 is 9.72 Å². The van der Waals surface area contributed by atoms with Crippen LogP contribution in [0.3, 0.4) is 0 Å². The van der Waals surface area contributed by atoms with Crippen LogP contribution in [0, 0.1) is 30.9 Å². The quantitative estimate of drug-likeness (QED) is 0.682. The van der Waals surface area contributed by atoms with E-state index in [0.29, 0.717) is 17.1 Å². The molecule has 1 unspecified atom stereocenters. The van der Waals surface area contributed by atoms with Crippen molar-refractivity contribution >= 4 is 17.3 Å². The Morgan fingerprint density at radius 2 is 2.00 bits per heavy atom. The van der Waals surface area contributed by atoms with E-state index in [4.69, 9.17) is 0 Å². The molecule has 9 nitrogen and oxygen atoms in total. The van der Waals surface area contributed by atoms with Crippen LogP contribution in [0.5, 0.6) is 0 Å². The maximum atomic E-state index is 12.3. The summed E-state index contributed by atoms with van der Waals surface area (Å²) >= 11 is 0. The zero-order chi connectivity index (χ0) is 16.6. The summed E-state index contributed by atoms with van der Waals surface area (Å²) in [5.74, 6) is -0.309. The maximum Gasteiger partial charge on any atom is 0.312 e. The minimum atomic E-state index is -0.674. The third-order valence-corrected chi connectivity index (χ3v) is 3.71. The number of aryl methyl sites for hydroxylation is 2. The van der Waals surface area contributed by atoms with Crippen molar-refractivity contribution in [2.45, 2.75) is 33.7 Å². The molecule has 0 aliphatic heterocycles. The fourth-order valence-corrected chi connectivity index (χ4v) is 2.27. The Kier molecular flexibility index (Phi) is 3.98. The highest BCUT2D eigenvalue weighted by atomic mass is 16.6. The first-order chi connectivity index (χ1) is 10.2. The van der Waals surface area contributed by atoms with Crippen LogP contribution < -0.4 is 5.32 Å². The number of nitrogens with one attached hydrogen (secondary N) is 1. The van der Waals surface area contributed by atoms with Crippen LogP contribution in [-0.4, -0.2) is 30.4 Å². The van der Waals surface area contributed by atoms with Crippen LogP contribution in [0.2, 0.25) is 0 Å². The lowest BCUT2D eigenvalue weighted by molar-refractivity contribution is -0.386. The molecule has 22 heavy (non-hydrogen) atoms. The highest BCUT2D eigenvalue weighted by Crippen LogP contribution is 2.25. The van der Waals surface area contributed by atoms with Gasteiger partial charge in [0.25, 0.3) is 0 Å². The summed E-state index contributed by atoms with van der Waals surface area (Å²) in [5, 5.41) is 22.0. The molecule has 0 saturated heterocycles. The first-order valence-electron chi connectivity index (χ1n) is 6.73. The number of carbonyl (C=O) groups excluding carboxylic acids is 1. The zero-order valence-corrected chi connectivity index (χ0v) is 13.1. The first kappa shape index (κ1) is 15.7. The number of nitro groups is 1. The normalized spacial score (nSPS) is 12.2. The summed E-state index contributed by atoms with van der Waals surface area (Å²) in [6.07, 6.45) is 1.56. The van der Waals surface area contributed by atoms with Crippen molar-refractivity contribution in [3.05, 3.63) is 33.4 Å². The fraction of sp³-hybridized carbons (Fsp3) is 0.462. The Hall–Kier alpha value is -2.71. The molecule has 0 aliphatic rings. The summed E-state index contributed by atoms with van der Waals surface area (Å²) in [5.41, 5.74) is 2.01. The van der Waals surface area contributed by atoms with Crippen LogP contribution >= 0.6 is 0 Å². The van der Waals surface area contributed by atoms with Crippen LogP contribution in [0.15, 0.2) is 6.20 Å². The Balaban J connectivity index is 2.26. The standard InChI is InChI=1S/C13H18N6O3/c1-7-12(19(21)22)9(3)18(16-7)10(4)13(20)15-11-6-14-17(5)8(11)2/h6,10H,1-5H3,(H,15,20). The molecule has 0 radical (unpaired) electrons. The van der Waals surface area contributed by atoms with E-state index < -0.39 is 11.0 Å². The average molecular weight is 306 g/mol. The molecule has 2 rings (SSSR count). The number of amides is 1. The van der Waals surface area contributed by atoms with Crippen molar-refractivity contribution in [3.8, 4) is 0 Å². The van der Waals surface area contributed by atoms with Crippen LogP contribution in [0.4, 0.5) is 11.4 Å². The van der Waals surface area contributed by atoms with E-state index in [1.165, 1.54) is 4.68 Å². The second-order valence-corrected chi connectivity index (χ2v) is 5.15. The lowest BCUT2D eigenvalue weighted by atomic mass is 10.2. The predicted molar refractivity (Wildman–Crippen MR) is 79.6 cm³/mol. The second kappa shape index (κ2) is 5.58. The fourth-order valence-electron chi connectivity index (χ4n) is 2.27. The number of rotatable bonds is 4. The number of hydrogen-bond donors (Lipinski definition) is 1. The highest BCUT2D eigenvalue weighted by Gasteiger charge is 2.27. The van der Waals surface area contributed by atoms with Gasteiger partial charge in [-0.15, -0.1) is 0 Å². The molecular weight excluding hydrogens is 288 g/mol. The molecule has 9 heteroatoms. The van der Waals surface area contributed by atoms with Crippen LogP contribution in [0.25, 0.3) is 0 Å². The van der Waals surface area contributed by atoms with Gasteiger partial charge in [0.15, 0.2) is 0 Å². The van der Waals surface area contributed by atoms with Gasteiger partial charge in [-0.1, -0.05) is 0 Å². The Morgan fingerprint density at radius 1 is 1.36 bits per heavy atom. The first-order valence-corrected chi connectivity index (χ1v) is 6.73. The molecule has 0 bridgehead atoms. The molecule has 0 saturated carbocycles. The van der Waals surface area contributed by atoms with Crippen molar-refractivity contribution in [1.29, 1.82) is 0 Å². The zero-order valence-electron chi connectivity index (χ0n) is 13.1. The number of anilines is 1. The summed E-state index contributed by atoms with van der Waals surface area (Å²) in [6.45, 7) is 6.61. The summed E-state index contributed by atoms with van der Waals surface area (Å²) in [4.78, 5) is 22.9. The van der Waals surface area contributed by atoms with Gasteiger partial charge >= 0.3 is 5.69 Å². The molecule has 0 aliphatic carbocycles. The SMILES string of the molecule is Cc1nn(C(C)C(=O)Nc2cnn(C)c2C)c(C)c1[N+](=O)[O-]. The molecule has 2 aromatic heterocycles. The van der Waals surface area contributed by atoms with E-state index in [0.717, 1.165) is 5.69 Å². The van der Waals surface area contributed by atoms with Gasteiger partial charge in [-0.05, 0) is 27.7 Å². The van der Waals surface area contributed by atoms with Gasteiger partial charge in [0.05, 0.1) is 22.5 Å². The largest absolute Gasteiger partial charge is 0.321 e. The lowest BCUT2D eigenvalue weighted by Gasteiger charge is -2.13. The molecule has 2 heterocycles. The maximum absolute atomic E-state index is 12.3. The van der Waals surface area contributed by atoms with Gasteiger partial charge in [-0.25, -0.2) is 0 Å². The Labute approximate surface area is 127 Å². The topological polar surface area (TPSA) is 108 Å². The van der Waals surface area contributed by atoms with Gasteiger partial charge in [0.1, 0.15) is 17.4 Å². The van der Waals surface area contributed by atoms with Crippen LogP contribution in [0.1, 0.15) is 30.0 Å². The van der Waals surface area contributed by atoms with E-state index in [1.54, 1.807) is 38.7 Å². The van der Waals surface area contributed by atoms with Crippen molar-refractivity contribution in [2.24, 2.45) is 7.05 Å². The summed E-state index contributed by atoms with van der Waals surface area (Å²) in [7, 11) is 1.78. The van der Waals surface area contributed by atoms with E-state index in [9.17, 15) is 14.9 Å². The van der Waals surface area contributed by atoms with Gasteiger partial charge < -0.3 is 5.32 Å². The minimum Gasteiger partial charge on any atom is -0.321 e. The highest BCUT2D eigenvalue weighted by molar-refractivity contribution is 5.93. The third-order valence-electron chi connectivity index (χ3n) is 3.71. The van der Waals surface area contributed by atoms with Gasteiger partial charge in [0, 0.05) is 7.05 Å². The molecule has 0 fully saturated rings. The minimum absolute atomic E-state index is 0.0581. The van der Waals surface area contributed by atoms with Crippen molar-refractivity contribution in [2.75, 3.05) is 5.32 Å². The number of aromatic nitrogens is 4. The van der Waals surface area contributed by atoms with E-state index >= 15 is 0 Å². The second-order valence-electron chi connectivity index (χ2n) is 5.15. The van der Waals surface area contributed by atoms with Gasteiger partial charge in [0.2, 0.25) is 5.91 Å². The number of hydrogen-bond acceptors (Lipinski definition) is 5.